The van der Waals surface area contributed by atoms with Crippen molar-refractivity contribution < 1.29 is 9.59 Å². The Morgan fingerprint density at radius 2 is 2.00 bits per heavy atom. The first-order valence-corrected chi connectivity index (χ1v) is 7.38. The van der Waals surface area contributed by atoms with Crippen LogP contribution in [0.5, 0.6) is 0 Å². The number of rotatable bonds is 5. The first-order valence-electron chi connectivity index (χ1n) is 5.99. The zero-order chi connectivity index (χ0) is 12.7. The maximum absolute atomic E-state index is 12.2. The highest BCUT2D eigenvalue weighted by atomic mass is 32.2. The number of likely N-dealkylation sites (tertiary alicyclic amines) is 1. The molecule has 98 valence electrons. The molecule has 6 heteroatoms. The number of piperidine rings is 1. The zero-order valence-corrected chi connectivity index (χ0v) is 11.1. The number of urea groups is 1. The van der Waals surface area contributed by atoms with E-state index in [4.69, 9.17) is 5.73 Å². The predicted octanol–water partition coefficient (Wildman–Crippen LogP) is 0.789. The number of primary amides is 1. The lowest BCUT2D eigenvalue weighted by Crippen LogP contribution is -2.51. The number of carbonyl (C=O) groups is 2. The largest absolute Gasteiger partial charge is 0.352 e. The minimum Gasteiger partial charge on any atom is -0.352 e. The van der Waals surface area contributed by atoms with Crippen LogP contribution in [0.15, 0.2) is 0 Å². The maximum Gasteiger partial charge on any atom is 0.312 e. The lowest BCUT2D eigenvalue weighted by molar-refractivity contribution is -0.134. The number of hydrogen-bond donors (Lipinski definition) is 2. The van der Waals surface area contributed by atoms with E-state index in [0.29, 0.717) is 6.42 Å². The minimum atomic E-state index is -0.624. The molecule has 1 unspecified atom stereocenters. The van der Waals surface area contributed by atoms with Crippen LogP contribution in [0.4, 0.5) is 4.79 Å². The molecule has 3 amide bonds. The zero-order valence-electron chi connectivity index (χ0n) is 10.3. The fourth-order valence-corrected chi connectivity index (χ4v) is 2.47. The molecule has 0 aromatic heterocycles. The van der Waals surface area contributed by atoms with E-state index >= 15 is 0 Å². The van der Waals surface area contributed by atoms with Crippen molar-refractivity contribution >= 4 is 23.7 Å². The van der Waals surface area contributed by atoms with Crippen LogP contribution in [0, 0.1) is 0 Å². The SMILES string of the molecule is CSCCC(NC(N)=O)C(=O)N1CCCCC1. The van der Waals surface area contributed by atoms with E-state index in [2.05, 4.69) is 5.32 Å². The van der Waals surface area contributed by atoms with Gasteiger partial charge in [0.2, 0.25) is 5.91 Å². The van der Waals surface area contributed by atoms with Gasteiger partial charge in [-0.1, -0.05) is 0 Å². The van der Waals surface area contributed by atoms with Crippen LogP contribution in [0.1, 0.15) is 25.7 Å². The summed E-state index contributed by atoms with van der Waals surface area (Å²) in [6.07, 6.45) is 5.91. The normalized spacial score (nSPS) is 17.6. The molecule has 1 rings (SSSR count). The van der Waals surface area contributed by atoms with Gasteiger partial charge in [0.1, 0.15) is 6.04 Å². The van der Waals surface area contributed by atoms with E-state index in [1.807, 2.05) is 11.2 Å². The standard InChI is InChI=1S/C11H21N3O2S/c1-17-8-5-9(13-11(12)16)10(15)14-6-3-2-4-7-14/h9H,2-8H2,1H3,(H3,12,13,16). The second kappa shape index (κ2) is 7.42. The van der Waals surface area contributed by atoms with Crippen LogP contribution in [0.25, 0.3) is 0 Å². The predicted molar refractivity (Wildman–Crippen MR) is 69.9 cm³/mol. The monoisotopic (exact) mass is 259 g/mol. The van der Waals surface area contributed by atoms with E-state index < -0.39 is 12.1 Å². The molecule has 0 radical (unpaired) electrons. The maximum atomic E-state index is 12.2. The highest BCUT2D eigenvalue weighted by Crippen LogP contribution is 2.12. The molecule has 1 saturated heterocycles. The quantitative estimate of drug-likeness (QED) is 0.766. The van der Waals surface area contributed by atoms with Gasteiger partial charge in [-0.15, -0.1) is 0 Å². The Labute approximate surface area is 106 Å². The van der Waals surface area contributed by atoms with Crippen molar-refractivity contribution in [2.24, 2.45) is 5.73 Å². The molecule has 17 heavy (non-hydrogen) atoms. The van der Waals surface area contributed by atoms with Gasteiger partial charge in [-0.2, -0.15) is 11.8 Å². The molecule has 0 spiro atoms. The molecule has 1 atom stereocenters. The van der Waals surface area contributed by atoms with Crippen LogP contribution in [-0.2, 0) is 4.79 Å². The highest BCUT2D eigenvalue weighted by Gasteiger charge is 2.25. The molecular weight excluding hydrogens is 238 g/mol. The molecule has 0 saturated carbocycles. The number of carbonyl (C=O) groups excluding carboxylic acids is 2. The Hall–Kier alpha value is -0.910. The van der Waals surface area contributed by atoms with Crippen molar-refractivity contribution in [3.05, 3.63) is 0 Å². The number of thioether (sulfide) groups is 1. The summed E-state index contributed by atoms with van der Waals surface area (Å²) in [5, 5.41) is 2.55. The molecule has 1 fully saturated rings. The van der Waals surface area contributed by atoms with Gasteiger partial charge in [0.15, 0.2) is 0 Å². The number of hydrogen-bond acceptors (Lipinski definition) is 3. The second-order valence-electron chi connectivity index (χ2n) is 4.23. The Kier molecular flexibility index (Phi) is 6.18. The van der Waals surface area contributed by atoms with Crippen LogP contribution in [0.2, 0.25) is 0 Å². The Balaban J connectivity index is 2.53. The summed E-state index contributed by atoms with van der Waals surface area (Å²) in [6, 6.07) is -1.08. The first-order chi connectivity index (χ1) is 8.15. The average Bonchev–Trinajstić information content (AvgIpc) is 2.34. The molecule has 1 heterocycles. The summed E-state index contributed by atoms with van der Waals surface area (Å²) in [5.74, 6) is 0.849. The first kappa shape index (κ1) is 14.2. The highest BCUT2D eigenvalue weighted by molar-refractivity contribution is 7.98. The van der Waals surface area contributed by atoms with Gasteiger partial charge < -0.3 is 16.0 Å². The number of nitrogens with two attached hydrogens (primary N) is 1. The summed E-state index contributed by atoms with van der Waals surface area (Å²) < 4.78 is 0. The third kappa shape index (κ3) is 4.85. The second-order valence-corrected chi connectivity index (χ2v) is 5.21. The van der Waals surface area contributed by atoms with Crippen molar-refractivity contribution in [3.63, 3.8) is 0 Å². The topological polar surface area (TPSA) is 75.4 Å². The van der Waals surface area contributed by atoms with Gasteiger partial charge in [0.25, 0.3) is 0 Å². The lowest BCUT2D eigenvalue weighted by Gasteiger charge is -2.30. The van der Waals surface area contributed by atoms with Crippen LogP contribution >= 0.6 is 11.8 Å². The Morgan fingerprint density at radius 1 is 1.35 bits per heavy atom. The van der Waals surface area contributed by atoms with E-state index in [9.17, 15) is 9.59 Å². The Morgan fingerprint density at radius 3 is 2.53 bits per heavy atom. The van der Waals surface area contributed by atoms with Crippen molar-refractivity contribution in [3.8, 4) is 0 Å². The molecular formula is C11H21N3O2S. The molecule has 1 aliphatic heterocycles. The molecule has 0 bridgehead atoms. The Bertz CT molecular complexity index is 267. The van der Waals surface area contributed by atoms with E-state index in [0.717, 1.165) is 31.7 Å². The number of nitrogens with zero attached hydrogens (tertiary/aromatic N) is 1. The number of nitrogens with one attached hydrogen (secondary N) is 1. The van der Waals surface area contributed by atoms with E-state index in [-0.39, 0.29) is 5.91 Å². The van der Waals surface area contributed by atoms with Crippen LogP contribution in [-0.4, -0.2) is 48.0 Å². The van der Waals surface area contributed by atoms with E-state index in [1.165, 1.54) is 6.42 Å². The summed E-state index contributed by atoms with van der Waals surface area (Å²) in [5.41, 5.74) is 5.10. The van der Waals surface area contributed by atoms with Crippen molar-refractivity contribution in [2.45, 2.75) is 31.7 Å². The van der Waals surface area contributed by atoms with Crippen molar-refractivity contribution in [1.82, 2.24) is 10.2 Å². The smallest absolute Gasteiger partial charge is 0.312 e. The summed E-state index contributed by atoms with van der Waals surface area (Å²) in [7, 11) is 0. The molecule has 1 aliphatic rings. The number of amides is 3. The van der Waals surface area contributed by atoms with Crippen molar-refractivity contribution in [1.29, 1.82) is 0 Å². The van der Waals surface area contributed by atoms with Crippen molar-refractivity contribution in [2.75, 3.05) is 25.1 Å². The molecule has 0 aromatic carbocycles. The molecule has 3 N–H and O–H groups in total. The van der Waals surface area contributed by atoms with Gasteiger partial charge in [-0.25, -0.2) is 4.79 Å². The third-order valence-electron chi connectivity index (χ3n) is 2.89. The van der Waals surface area contributed by atoms with Crippen LogP contribution < -0.4 is 11.1 Å². The lowest BCUT2D eigenvalue weighted by atomic mass is 10.1. The minimum absolute atomic E-state index is 0.0116. The molecule has 0 aliphatic carbocycles. The average molecular weight is 259 g/mol. The van der Waals surface area contributed by atoms with Gasteiger partial charge in [-0.3, -0.25) is 4.79 Å². The summed E-state index contributed by atoms with van der Waals surface area (Å²) in [4.78, 5) is 24.9. The molecule has 5 nitrogen and oxygen atoms in total. The van der Waals surface area contributed by atoms with Gasteiger partial charge >= 0.3 is 6.03 Å². The third-order valence-corrected chi connectivity index (χ3v) is 3.54. The fourth-order valence-electron chi connectivity index (χ4n) is 2.00. The van der Waals surface area contributed by atoms with E-state index in [1.54, 1.807) is 11.8 Å². The summed E-state index contributed by atoms with van der Waals surface area (Å²) in [6.45, 7) is 1.60. The molecule has 0 aromatic rings. The summed E-state index contributed by atoms with van der Waals surface area (Å²) >= 11 is 1.66. The van der Waals surface area contributed by atoms with Gasteiger partial charge in [0.05, 0.1) is 0 Å². The van der Waals surface area contributed by atoms with Crippen LogP contribution in [0.3, 0.4) is 0 Å². The van der Waals surface area contributed by atoms with Gasteiger partial charge in [-0.05, 0) is 37.7 Å². The fraction of sp³-hybridized carbons (Fsp3) is 0.818. The van der Waals surface area contributed by atoms with Gasteiger partial charge in [0, 0.05) is 13.1 Å².